The molecule has 1 rings (SSSR count). The molecule has 1 heterocycles. The Labute approximate surface area is 128 Å². The average Bonchev–Trinajstić information content (AvgIpc) is 2.42. The molecule has 0 aromatic carbocycles. The summed E-state index contributed by atoms with van der Waals surface area (Å²) in [4.78, 5) is 15.8. The smallest absolute Gasteiger partial charge is 0.621 e. The van der Waals surface area contributed by atoms with Crippen LogP contribution >= 0.6 is 0 Å². The second-order valence-corrected chi connectivity index (χ2v) is 6.03. The number of rotatable bonds is 4. The van der Waals surface area contributed by atoms with E-state index < -0.39 is 5.72 Å². The van der Waals surface area contributed by atoms with Crippen molar-refractivity contribution in [3.05, 3.63) is 6.61 Å². The molecule has 0 spiro atoms. The second-order valence-electron chi connectivity index (χ2n) is 6.03. The molecular weight excluding hydrogens is 239 g/mol. The van der Waals surface area contributed by atoms with Crippen molar-refractivity contribution in [3.63, 3.8) is 0 Å². The van der Waals surface area contributed by atoms with E-state index in [2.05, 4.69) is 0 Å². The van der Waals surface area contributed by atoms with Crippen molar-refractivity contribution in [1.29, 1.82) is 0 Å². The van der Waals surface area contributed by atoms with Crippen LogP contribution in [0.5, 0.6) is 0 Å². The van der Waals surface area contributed by atoms with Gasteiger partial charge in [-0.3, -0.25) is 4.90 Å². The van der Waals surface area contributed by atoms with Crippen molar-refractivity contribution in [2.24, 2.45) is 0 Å². The minimum atomic E-state index is -0.615. The minimum absolute atomic E-state index is 0. The molecule has 1 saturated heterocycles. The number of ether oxygens (including phenoxy) is 2. The predicted molar refractivity (Wildman–Crippen MR) is 69.9 cm³/mol. The quantitative estimate of drug-likeness (QED) is 0.374. The summed E-state index contributed by atoms with van der Waals surface area (Å²) < 4.78 is 10.8. The van der Waals surface area contributed by atoms with Gasteiger partial charge in [-0.25, -0.2) is 4.79 Å². The molecule has 1 amide bonds. The zero-order chi connectivity index (χ0) is 14.0. The van der Waals surface area contributed by atoms with Gasteiger partial charge in [0.1, 0.15) is 5.72 Å². The second kappa shape index (κ2) is 6.99. The van der Waals surface area contributed by atoms with Gasteiger partial charge in [0.2, 0.25) is 0 Å². The van der Waals surface area contributed by atoms with Crippen LogP contribution in [0, 0.1) is 6.61 Å². The molecule has 0 radical (unpaired) electrons. The van der Waals surface area contributed by atoms with Crippen molar-refractivity contribution >= 4 is 6.09 Å². The Kier molecular flexibility index (Phi) is 6.91. The van der Waals surface area contributed by atoms with E-state index in [0.717, 1.165) is 6.54 Å². The van der Waals surface area contributed by atoms with Gasteiger partial charge in [0.25, 0.3) is 0 Å². The van der Waals surface area contributed by atoms with Gasteiger partial charge in [0, 0.05) is 0 Å². The zero-order valence-electron chi connectivity index (χ0n) is 13.3. The van der Waals surface area contributed by atoms with Gasteiger partial charge in [-0.2, -0.15) is 6.61 Å². The first-order valence-electron chi connectivity index (χ1n) is 6.28. The Hall–Kier alpha value is -0.213. The molecule has 0 aliphatic carbocycles. The van der Waals surface area contributed by atoms with Crippen LogP contribution in [-0.2, 0) is 9.47 Å². The molecule has 5 nitrogen and oxygen atoms in total. The first-order chi connectivity index (χ1) is 8.17. The van der Waals surface area contributed by atoms with E-state index in [1.165, 1.54) is 0 Å². The summed E-state index contributed by atoms with van der Waals surface area (Å²) in [6.07, 6.45) is 0.371. The van der Waals surface area contributed by atoms with Crippen molar-refractivity contribution in [2.75, 3.05) is 27.2 Å². The molecule has 0 saturated carbocycles. The van der Waals surface area contributed by atoms with E-state index in [0.29, 0.717) is 13.0 Å². The Morgan fingerprint density at radius 1 is 1.37 bits per heavy atom. The van der Waals surface area contributed by atoms with Crippen molar-refractivity contribution in [3.8, 4) is 0 Å². The van der Waals surface area contributed by atoms with E-state index in [9.17, 15) is 4.79 Å². The van der Waals surface area contributed by atoms with Gasteiger partial charge >= 0.3 is 25.0 Å². The van der Waals surface area contributed by atoms with E-state index in [1.807, 2.05) is 46.7 Å². The fraction of sp³-hybridized carbons (Fsp3) is 0.846. The Balaban J connectivity index is 0.00000324. The van der Waals surface area contributed by atoms with Crippen LogP contribution in [-0.4, -0.2) is 54.4 Å². The standard InChI is InChI=1S/C13H25N2O3.Li/c1-12(2)10-18-13(3,4)15(12)11(16)17-9-7-8-14(5)6;/h9H,7-8,10H2,1-6H3;/q-1;+1. The molecule has 106 valence electrons. The van der Waals surface area contributed by atoms with E-state index in [4.69, 9.17) is 9.47 Å². The first kappa shape index (κ1) is 18.8. The summed E-state index contributed by atoms with van der Waals surface area (Å²) in [5, 5.41) is 0. The number of nitrogens with zero attached hydrogens (tertiary/aromatic N) is 2. The number of amides is 1. The van der Waals surface area contributed by atoms with Crippen LogP contribution in [0.4, 0.5) is 4.79 Å². The Bertz CT molecular complexity index is 290. The van der Waals surface area contributed by atoms with Gasteiger partial charge in [0.15, 0.2) is 0 Å². The number of carbonyl (C=O) groups is 1. The van der Waals surface area contributed by atoms with Crippen molar-refractivity contribution < 1.29 is 33.1 Å². The van der Waals surface area contributed by atoms with Crippen LogP contribution < -0.4 is 18.9 Å². The summed E-state index contributed by atoms with van der Waals surface area (Å²) in [7, 11) is 3.96. The molecule has 0 atom stereocenters. The predicted octanol–water partition coefficient (Wildman–Crippen LogP) is -0.913. The summed E-state index contributed by atoms with van der Waals surface area (Å²) in [5.41, 5.74) is -0.952. The molecule has 1 aliphatic rings. The summed E-state index contributed by atoms with van der Waals surface area (Å²) in [6.45, 7) is 10.6. The number of carbonyl (C=O) groups excluding carboxylic acids is 1. The maximum Gasteiger partial charge on any atom is 1.00 e. The van der Waals surface area contributed by atoms with Gasteiger partial charge < -0.3 is 14.4 Å². The van der Waals surface area contributed by atoms with Crippen LogP contribution in [0.25, 0.3) is 0 Å². The molecule has 6 heteroatoms. The maximum atomic E-state index is 12.1. The SMILES string of the molecule is CN(C)CC[CH-]OC(=O)N1C(C)(C)COC1(C)C.[Li+]. The minimum Gasteiger partial charge on any atom is -0.621 e. The third kappa shape index (κ3) is 5.00. The third-order valence-electron chi connectivity index (χ3n) is 2.98. The number of hydrogen-bond donors (Lipinski definition) is 0. The third-order valence-corrected chi connectivity index (χ3v) is 2.98. The van der Waals surface area contributed by atoms with Gasteiger partial charge in [0.05, 0.1) is 12.1 Å². The first-order valence-corrected chi connectivity index (χ1v) is 6.28. The molecule has 0 N–H and O–H groups in total. The molecule has 0 bridgehead atoms. The van der Waals surface area contributed by atoms with Crippen LogP contribution in [0.15, 0.2) is 0 Å². The van der Waals surface area contributed by atoms with Gasteiger partial charge in [-0.1, -0.05) is 0 Å². The molecule has 0 aromatic rings. The number of hydrogen-bond acceptors (Lipinski definition) is 4. The molecular formula is C13H25LiN2O3. The normalized spacial score (nSPS) is 20.3. The van der Waals surface area contributed by atoms with Gasteiger partial charge in [-0.15, -0.1) is 6.42 Å². The maximum absolute atomic E-state index is 12.1. The van der Waals surface area contributed by atoms with E-state index in [-0.39, 0.29) is 30.5 Å². The topological polar surface area (TPSA) is 42.0 Å². The van der Waals surface area contributed by atoms with E-state index in [1.54, 1.807) is 11.5 Å². The molecule has 0 aromatic heterocycles. The zero-order valence-corrected chi connectivity index (χ0v) is 13.3. The average molecular weight is 264 g/mol. The van der Waals surface area contributed by atoms with E-state index >= 15 is 0 Å². The monoisotopic (exact) mass is 264 g/mol. The molecule has 0 unspecified atom stereocenters. The van der Waals surface area contributed by atoms with Crippen LogP contribution in [0.3, 0.4) is 0 Å². The van der Waals surface area contributed by atoms with Crippen molar-refractivity contribution in [1.82, 2.24) is 9.80 Å². The fourth-order valence-corrected chi connectivity index (χ4v) is 2.17. The Morgan fingerprint density at radius 2 is 1.95 bits per heavy atom. The molecule has 1 aliphatic heterocycles. The summed E-state index contributed by atoms with van der Waals surface area (Å²) in [6, 6.07) is 0. The van der Waals surface area contributed by atoms with Crippen LogP contribution in [0.1, 0.15) is 34.1 Å². The Morgan fingerprint density at radius 3 is 2.37 bits per heavy atom. The van der Waals surface area contributed by atoms with Crippen molar-refractivity contribution in [2.45, 2.75) is 45.4 Å². The molecule has 1 fully saturated rings. The molecule has 19 heavy (non-hydrogen) atoms. The van der Waals surface area contributed by atoms with Crippen LogP contribution in [0.2, 0.25) is 0 Å². The largest absolute Gasteiger partial charge is 1.00 e. The summed E-state index contributed by atoms with van der Waals surface area (Å²) >= 11 is 0. The summed E-state index contributed by atoms with van der Waals surface area (Å²) in [5.74, 6) is 0. The fourth-order valence-electron chi connectivity index (χ4n) is 2.17. The van der Waals surface area contributed by atoms with Gasteiger partial charge in [-0.05, 0) is 48.3 Å².